The van der Waals surface area contributed by atoms with Crippen LogP contribution < -0.4 is 31.7 Å². The van der Waals surface area contributed by atoms with Gasteiger partial charge in [-0.3, -0.25) is 5.32 Å². The van der Waals surface area contributed by atoms with Crippen LogP contribution in [-0.2, 0) is 10.0 Å². The highest BCUT2D eigenvalue weighted by molar-refractivity contribution is 7.89. The predicted octanol–water partition coefficient (Wildman–Crippen LogP) is 1.14. The number of nitrogens with one attached hydrogen (secondary N) is 4. The molecule has 3 rings (SSSR count). The lowest BCUT2D eigenvalue weighted by Gasteiger charge is -2.21. The third-order valence-electron chi connectivity index (χ3n) is 3.50. The number of anilines is 2. The van der Waals surface area contributed by atoms with Gasteiger partial charge in [0.15, 0.2) is 5.75 Å². The van der Waals surface area contributed by atoms with Crippen molar-refractivity contribution in [1.82, 2.24) is 16.3 Å². The minimum atomic E-state index is -4.28. The first-order valence-corrected chi connectivity index (χ1v) is 9.38. The molecule has 1 aliphatic heterocycles. The number of urea groups is 1. The number of sulfonamides is 1. The second-order valence-corrected chi connectivity index (χ2v) is 7.26. The summed E-state index contributed by atoms with van der Waals surface area (Å²) in [6.45, 7) is 0. The van der Waals surface area contributed by atoms with Crippen molar-refractivity contribution in [2.45, 2.75) is 4.90 Å². The van der Waals surface area contributed by atoms with Gasteiger partial charge in [0.2, 0.25) is 10.0 Å². The number of hydrazine groups is 2. The summed E-state index contributed by atoms with van der Waals surface area (Å²) in [6, 6.07) is 10.9. The van der Waals surface area contributed by atoms with Crippen molar-refractivity contribution >= 4 is 39.0 Å². The highest BCUT2D eigenvalue weighted by atomic mass is 35.5. The van der Waals surface area contributed by atoms with Crippen LogP contribution in [0, 0.1) is 0 Å². The van der Waals surface area contributed by atoms with Crippen molar-refractivity contribution in [3.63, 3.8) is 0 Å². The number of carbonyl (C=O) groups excluding carboxylic acids is 1. The van der Waals surface area contributed by atoms with E-state index in [1.807, 2.05) is 30.3 Å². The molecule has 0 unspecified atom stereocenters. The van der Waals surface area contributed by atoms with Crippen LogP contribution in [0.3, 0.4) is 0 Å². The molecule has 0 bridgehead atoms. The zero-order chi connectivity index (χ0) is 19.6. The number of phenols is 1. The van der Waals surface area contributed by atoms with Gasteiger partial charge in [-0.1, -0.05) is 29.8 Å². The van der Waals surface area contributed by atoms with Gasteiger partial charge in [0.25, 0.3) is 0 Å². The molecule has 0 aliphatic carbocycles. The van der Waals surface area contributed by atoms with Crippen molar-refractivity contribution in [3.8, 4) is 5.75 Å². The van der Waals surface area contributed by atoms with Crippen molar-refractivity contribution in [2.24, 2.45) is 5.14 Å². The standard InChI is InChI=1S/C15H15ClN6O4S/c16-10-6-7-11(13(23)14(10)27(17,25)26)19-15(24)20-12-8-18-21-22(12)9-4-2-1-3-5-9/h1-8,18,21,23H,(H2,17,25,26)(H2,19,20,24). The lowest BCUT2D eigenvalue weighted by Crippen LogP contribution is -2.42. The van der Waals surface area contributed by atoms with E-state index in [1.54, 1.807) is 5.01 Å². The van der Waals surface area contributed by atoms with Gasteiger partial charge < -0.3 is 15.8 Å². The Morgan fingerprint density at radius 2 is 1.85 bits per heavy atom. The number of nitrogens with zero attached hydrogens (tertiary/aromatic N) is 1. The van der Waals surface area contributed by atoms with E-state index < -0.39 is 26.7 Å². The smallest absolute Gasteiger partial charge is 0.324 e. The highest BCUT2D eigenvalue weighted by Gasteiger charge is 2.23. The Morgan fingerprint density at radius 3 is 2.52 bits per heavy atom. The van der Waals surface area contributed by atoms with E-state index in [0.717, 1.165) is 5.69 Å². The summed E-state index contributed by atoms with van der Waals surface area (Å²) < 4.78 is 23.1. The van der Waals surface area contributed by atoms with Crippen molar-refractivity contribution in [1.29, 1.82) is 0 Å². The number of halogens is 1. The number of carbonyl (C=O) groups is 1. The first-order valence-electron chi connectivity index (χ1n) is 7.46. The molecule has 0 saturated heterocycles. The third-order valence-corrected chi connectivity index (χ3v) is 4.91. The van der Waals surface area contributed by atoms with E-state index in [2.05, 4.69) is 21.6 Å². The number of phenolic OH excluding ortho intramolecular Hbond substituents is 1. The number of primary sulfonamides is 1. The van der Waals surface area contributed by atoms with Crippen LogP contribution in [0.2, 0.25) is 5.02 Å². The van der Waals surface area contributed by atoms with Crippen LogP contribution in [0.4, 0.5) is 16.2 Å². The normalized spacial score (nSPS) is 13.7. The van der Waals surface area contributed by atoms with E-state index in [1.165, 1.54) is 18.3 Å². The van der Waals surface area contributed by atoms with E-state index in [4.69, 9.17) is 16.7 Å². The average Bonchev–Trinajstić information content (AvgIpc) is 3.05. The van der Waals surface area contributed by atoms with E-state index in [-0.39, 0.29) is 10.7 Å². The molecule has 2 aromatic carbocycles. The fraction of sp³-hybridized carbons (Fsp3) is 0. The monoisotopic (exact) mass is 410 g/mol. The van der Waals surface area contributed by atoms with Gasteiger partial charge in [-0.15, -0.1) is 5.53 Å². The summed E-state index contributed by atoms with van der Waals surface area (Å²) in [5, 5.41) is 21.4. The molecule has 2 amide bonds. The maximum Gasteiger partial charge on any atom is 0.324 e. The Kier molecular flexibility index (Phi) is 5.10. The number of hydrogen-bond donors (Lipinski definition) is 6. The highest BCUT2D eigenvalue weighted by Crippen LogP contribution is 2.36. The summed E-state index contributed by atoms with van der Waals surface area (Å²) in [6.07, 6.45) is 1.50. The number of para-hydroxylation sites is 1. The molecule has 0 atom stereocenters. The Morgan fingerprint density at radius 1 is 1.15 bits per heavy atom. The molecule has 0 saturated carbocycles. The minimum Gasteiger partial charge on any atom is -0.504 e. The average molecular weight is 411 g/mol. The number of rotatable bonds is 4. The second-order valence-electron chi connectivity index (χ2n) is 5.35. The number of amides is 2. The largest absolute Gasteiger partial charge is 0.504 e. The number of aromatic hydroxyl groups is 1. The fourth-order valence-corrected chi connectivity index (χ4v) is 3.55. The van der Waals surface area contributed by atoms with Crippen molar-refractivity contribution in [2.75, 3.05) is 10.3 Å². The Labute approximate surface area is 159 Å². The Hall–Kier alpha value is -2.99. The second kappa shape index (κ2) is 7.32. The SMILES string of the molecule is NS(=O)(=O)c1c(Cl)ccc(NC(=O)NC2=CNNN2c2ccccc2)c1O. The molecule has 0 aromatic heterocycles. The molecule has 0 fully saturated rings. The number of benzene rings is 2. The van der Waals surface area contributed by atoms with Crippen LogP contribution in [0.25, 0.3) is 0 Å². The number of hydrogen-bond acceptors (Lipinski definition) is 7. The Bertz CT molecular complexity index is 1010. The summed E-state index contributed by atoms with van der Waals surface area (Å²) in [5.74, 6) is -0.393. The quantitative estimate of drug-likeness (QED) is 0.414. The molecule has 10 nitrogen and oxygen atoms in total. The zero-order valence-corrected chi connectivity index (χ0v) is 15.2. The van der Waals surface area contributed by atoms with Gasteiger partial charge in [0, 0.05) is 0 Å². The fourth-order valence-electron chi connectivity index (χ4n) is 2.35. The molecule has 27 heavy (non-hydrogen) atoms. The Balaban J connectivity index is 1.77. The van der Waals surface area contributed by atoms with Crippen LogP contribution in [-0.4, -0.2) is 19.6 Å². The summed E-state index contributed by atoms with van der Waals surface area (Å²) in [7, 11) is -4.28. The van der Waals surface area contributed by atoms with Gasteiger partial charge in [0.05, 0.1) is 22.6 Å². The van der Waals surface area contributed by atoms with Gasteiger partial charge >= 0.3 is 6.03 Å². The van der Waals surface area contributed by atoms with Crippen LogP contribution in [0.5, 0.6) is 5.75 Å². The van der Waals surface area contributed by atoms with Crippen LogP contribution in [0.15, 0.2) is 59.4 Å². The minimum absolute atomic E-state index is 0.174. The van der Waals surface area contributed by atoms with Crippen molar-refractivity contribution in [3.05, 3.63) is 59.5 Å². The summed E-state index contributed by atoms with van der Waals surface area (Å²) in [4.78, 5) is 11.6. The maximum absolute atomic E-state index is 12.3. The van der Waals surface area contributed by atoms with E-state index in [9.17, 15) is 18.3 Å². The third kappa shape index (κ3) is 4.06. The number of nitrogens with two attached hydrogens (primary N) is 1. The molecular formula is C15H15ClN6O4S. The molecular weight excluding hydrogens is 396 g/mol. The summed E-state index contributed by atoms with van der Waals surface area (Å²) in [5.41, 5.74) is 6.15. The van der Waals surface area contributed by atoms with E-state index in [0.29, 0.717) is 5.82 Å². The van der Waals surface area contributed by atoms with Gasteiger partial charge in [0.1, 0.15) is 10.7 Å². The first kappa shape index (κ1) is 18.8. The van der Waals surface area contributed by atoms with E-state index >= 15 is 0 Å². The summed E-state index contributed by atoms with van der Waals surface area (Å²) >= 11 is 5.77. The van der Waals surface area contributed by atoms with Crippen LogP contribution in [0.1, 0.15) is 0 Å². The first-order chi connectivity index (χ1) is 12.8. The molecule has 12 heteroatoms. The molecule has 7 N–H and O–H groups in total. The molecule has 0 radical (unpaired) electrons. The molecule has 0 spiro atoms. The van der Waals surface area contributed by atoms with Gasteiger partial charge in [-0.2, -0.15) is 0 Å². The molecule has 1 aliphatic rings. The molecule has 142 valence electrons. The molecule has 2 aromatic rings. The van der Waals surface area contributed by atoms with Crippen LogP contribution >= 0.6 is 11.6 Å². The van der Waals surface area contributed by atoms with Gasteiger partial charge in [-0.25, -0.2) is 23.4 Å². The topological polar surface area (TPSA) is 149 Å². The predicted molar refractivity (Wildman–Crippen MR) is 99.9 cm³/mol. The maximum atomic E-state index is 12.3. The van der Waals surface area contributed by atoms with Gasteiger partial charge in [-0.05, 0) is 24.3 Å². The molecule has 1 heterocycles. The zero-order valence-electron chi connectivity index (χ0n) is 13.6. The van der Waals surface area contributed by atoms with Crippen molar-refractivity contribution < 1.29 is 18.3 Å². The lowest BCUT2D eigenvalue weighted by atomic mass is 10.3. The lowest BCUT2D eigenvalue weighted by molar-refractivity contribution is 0.254.